The van der Waals surface area contributed by atoms with E-state index in [9.17, 15) is 4.79 Å². The average molecular weight is 404 g/mol. The molecule has 4 nitrogen and oxygen atoms in total. The first kappa shape index (κ1) is 22.1. The van der Waals surface area contributed by atoms with Crippen molar-refractivity contribution in [2.24, 2.45) is 0 Å². The minimum atomic E-state index is -0.619. The Hall–Kier alpha value is -2.20. The predicted octanol–water partition coefficient (Wildman–Crippen LogP) is 5.73. The molecule has 0 aromatic heterocycles. The second kappa shape index (κ2) is 9.33. The molecular weight excluding hydrogens is 374 g/mol. The summed E-state index contributed by atoms with van der Waals surface area (Å²) in [6, 6.07) is 9.38. The molecule has 0 aliphatic carbocycles. The third-order valence-corrected chi connectivity index (χ3v) is 5.30. The third kappa shape index (κ3) is 5.20. The number of carbonyl (C=O) groups is 1. The lowest BCUT2D eigenvalue weighted by Crippen LogP contribution is -2.38. The smallest absolute Gasteiger partial charge is 0.261 e. The number of ether oxygens (including phenoxy) is 2. The summed E-state index contributed by atoms with van der Waals surface area (Å²) in [5.41, 5.74) is 4.20. The Morgan fingerprint density at radius 3 is 2.25 bits per heavy atom. The number of nitrogens with one attached hydrogen (secondary N) is 1. The maximum absolute atomic E-state index is 12.6. The fraction of sp³-hybridized carbons (Fsp3) is 0.435. The van der Waals surface area contributed by atoms with E-state index in [0.29, 0.717) is 16.7 Å². The third-order valence-electron chi connectivity index (χ3n) is 4.88. The first-order chi connectivity index (χ1) is 13.1. The normalized spacial score (nSPS) is 13.2. The maximum atomic E-state index is 12.6. The Bertz CT molecular complexity index is 848. The van der Waals surface area contributed by atoms with E-state index in [1.165, 1.54) is 0 Å². The largest absolute Gasteiger partial charge is 0.496 e. The molecule has 0 spiro atoms. The van der Waals surface area contributed by atoms with E-state index in [1.54, 1.807) is 26.2 Å². The van der Waals surface area contributed by atoms with Crippen LogP contribution in [0, 0.1) is 13.8 Å². The molecule has 0 heterocycles. The van der Waals surface area contributed by atoms with E-state index in [-0.39, 0.29) is 11.9 Å². The number of amides is 1. The van der Waals surface area contributed by atoms with Crippen LogP contribution in [0.5, 0.6) is 11.5 Å². The van der Waals surface area contributed by atoms with Crippen LogP contribution < -0.4 is 14.8 Å². The van der Waals surface area contributed by atoms with Gasteiger partial charge in [0.15, 0.2) is 6.10 Å². The van der Waals surface area contributed by atoms with Crippen molar-refractivity contribution in [2.75, 3.05) is 7.11 Å². The zero-order valence-corrected chi connectivity index (χ0v) is 18.5. The number of carbonyl (C=O) groups excluding carboxylic acids is 1. The summed E-state index contributed by atoms with van der Waals surface area (Å²) in [7, 11) is 1.68. The second-order valence-electron chi connectivity index (χ2n) is 7.51. The van der Waals surface area contributed by atoms with Crippen molar-refractivity contribution in [3.8, 4) is 11.5 Å². The highest BCUT2D eigenvalue weighted by molar-refractivity contribution is 6.31. The highest BCUT2D eigenvalue weighted by Gasteiger charge is 2.20. The second-order valence-corrected chi connectivity index (χ2v) is 7.91. The van der Waals surface area contributed by atoms with Gasteiger partial charge in [-0.05, 0) is 86.2 Å². The molecule has 152 valence electrons. The molecule has 0 fully saturated rings. The van der Waals surface area contributed by atoms with E-state index >= 15 is 0 Å². The van der Waals surface area contributed by atoms with Crippen molar-refractivity contribution in [2.45, 2.75) is 59.6 Å². The molecular formula is C23H30ClNO3. The number of methoxy groups -OCH3 is 1. The molecule has 2 atom stereocenters. The van der Waals surface area contributed by atoms with E-state index in [1.807, 2.05) is 32.9 Å². The van der Waals surface area contributed by atoms with Gasteiger partial charge in [0, 0.05) is 5.02 Å². The van der Waals surface area contributed by atoms with Gasteiger partial charge in [0.05, 0.1) is 13.2 Å². The van der Waals surface area contributed by atoms with Crippen LogP contribution in [0.25, 0.3) is 0 Å². The highest BCUT2D eigenvalue weighted by atomic mass is 35.5. The van der Waals surface area contributed by atoms with E-state index < -0.39 is 6.10 Å². The molecule has 2 rings (SSSR count). The number of benzene rings is 2. The van der Waals surface area contributed by atoms with Crippen molar-refractivity contribution in [1.82, 2.24) is 5.32 Å². The lowest BCUT2D eigenvalue weighted by atomic mass is 9.93. The van der Waals surface area contributed by atoms with Gasteiger partial charge in [-0.15, -0.1) is 0 Å². The fourth-order valence-electron chi connectivity index (χ4n) is 3.17. The lowest BCUT2D eigenvalue weighted by molar-refractivity contribution is -0.127. The van der Waals surface area contributed by atoms with Gasteiger partial charge in [-0.2, -0.15) is 0 Å². The number of hydrogen-bond acceptors (Lipinski definition) is 3. The Balaban J connectivity index is 2.12. The van der Waals surface area contributed by atoms with Crippen LogP contribution in [0.2, 0.25) is 5.02 Å². The van der Waals surface area contributed by atoms with Gasteiger partial charge in [0.1, 0.15) is 11.5 Å². The first-order valence-corrected chi connectivity index (χ1v) is 9.93. The average Bonchev–Trinajstić information content (AvgIpc) is 2.63. The van der Waals surface area contributed by atoms with Gasteiger partial charge >= 0.3 is 0 Å². The van der Waals surface area contributed by atoms with Gasteiger partial charge in [-0.1, -0.05) is 25.4 Å². The van der Waals surface area contributed by atoms with Crippen LogP contribution in [0.4, 0.5) is 0 Å². The molecule has 0 aliphatic rings. The van der Waals surface area contributed by atoms with Crippen molar-refractivity contribution in [1.29, 1.82) is 0 Å². The molecule has 5 heteroatoms. The first-order valence-electron chi connectivity index (χ1n) is 9.55. The van der Waals surface area contributed by atoms with Crippen molar-refractivity contribution >= 4 is 17.5 Å². The molecule has 1 amide bonds. The van der Waals surface area contributed by atoms with Crippen molar-refractivity contribution in [3.05, 3.63) is 57.6 Å². The van der Waals surface area contributed by atoms with Gasteiger partial charge in [-0.25, -0.2) is 0 Å². The lowest BCUT2D eigenvalue weighted by Gasteiger charge is -2.23. The van der Waals surface area contributed by atoms with Crippen LogP contribution in [-0.4, -0.2) is 19.1 Å². The minimum Gasteiger partial charge on any atom is -0.496 e. The quantitative estimate of drug-likeness (QED) is 0.641. The van der Waals surface area contributed by atoms with Crippen molar-refractivity contribution in [3.63, 3.8) is 0 Å². The molecule has 0 aliphatic heterocycles. The SMILES string of the molecule is COc1cc(C)c([C@H](C)NC(=O)[C@@H](C)Oc2ccc(Cl)c(C)c2)cc1C(C)C. The van der Waals surface area contributed by atoms with Crippen LogP contribution in [0.15, 0.2) is 30.3 Å². The molecule has 28 heavy (non-hydrogen) atoms. The maximum Gasteiger partial charge on any atom is 0.261 e. The molecule has 1 N–H and O–H groups in total. The topological polar surface area (TPSA) is 47.6 Å². The van der Waals surface area contributed by atoms with Crippen LogP contribution in [0.3, 0.4) is 0 Å². The molecule has 0 saturated carbocycles. The van der Waals surface area contributed by atoms with Crippen molar-refractivity contribution < 1.29 is 14.3 Å². The number of aryl methyl sites for hydroxylation is 2. The summed E-state index contributed by atoms with van der Waals surface area (Å²) in [5, 5.41) is 3.73. The van der Waals surface area contributed by atoms with Gasteiger partial charge < -0.3 is 14.8 Å². The molecule has 0 saturated heterocycles. The zero-order valence-electron chi connectivity index (χ0n) is 17.7. The fourth-order valence-corrected chi connectivity index (χ4v) is 3.28. The molecule has 0 unspecified atom stereocenters. The van der Waals surface area contributed by atoms with Gasteiger partial charge in [-0.3, -0.25) is 4.79 Å². The monoisotopic (exact) mass is 403 g/mol. The van der Waals surface area contributed by atoms with E-state index in [4.69, 9.17) is 21.1 Å². The summed E-state index contributed by atoms with van der Waals surface area (Å²) in [6.07, 6.45) is -0.619. The highest BCUT2D eigenvalue weighted by Crippen LogP contribution is 2.32. The zero-order chi connectivity index (χ0) is 21.0. The molecule has 2 aromatic rings. The Morgan fingerprint density at radius 2 is 1.68 bits per heavy atom. The summed E-state index contributed by atoms with van der Waals surface area (Å²) < 4.78 is 11.3. The van der Waals surface area contributed by atoms with Crippen LogP contribution in [-0.2, 0) is 4.79 Å². The Morgan fingerprint density at radius 1 is 1.00 bits per heavy atom. The summed E-state index contributed by atoms with van der Waals surface area (Å²) in [5.74, 6) is 1.67. The molecule has 0 radical (unpaired) electrons. The Kier molecular flexibility index (Phi) is 7.36. The standard InChI is InChI=1S/C23H30ClNO3/c1-13(2)19-12-20(14(3)11-22(19)27-7)16(5)25-23(26)17(6)28-18-8-9-21(24)15(4)10-18/h8-13,16-17H,1-7H3,(H,25,26)/t16-,17+/m0/s1. The number of halogens is 1. The van der Waals surface area contributed by atoms with Crippen LogP contribution in [0.1, 0.15) is 61.9 Å². The minimum absolute atomic E-state index is 0.145. The number of hydrogen-bond donors (Lipinski definition) is 1. The molecule has 2 aromatic carbocycles. The van der Waals surface area contributed by atoms with E-state index in [2.05, 4.69) is 25.2 Å². The Labute approximate surface area is 173 Å². The molecule has 0 bridgehead atoms. The van der Waals surface area contributed by atoms with E-state index in [0.717, 1.165) is 28.0 Å². The summed E-state index contributed by atoms with van der Waals surface area (Å²) in [4.78, 5) is 12.6. The van der Waals surface area contributed by atoms with Gasteiger partial charge in [0.25, 0.3) is 5.91 Å². The van der Waals surface area contributed by atoms with Gasteiger partial charge in [0.2, 0.25) is 0 Å². The summed E-state index contributed by atoms with van der Waals surface area (Å²) >= 11 is 6.04. The van der Waals surface area contributed by atoms with Crippen LogP contribution >= 0.6 is 11.6 Å². The number of rotatable bonds is 7. The predicted molar refractivity (Wildman–Crippen MR) is 115 cm³/mol. The summed E-state index contributed by atoms with van der Waals surface area (Å²) in [6.45, 7) is 11.9.